The number of benzene rings is 2. The summed E-state index contributed by atoms with van der Waals surface area (Å²) < 4.78 is 89.0. The molecule has 4 heterocycles. The zero-order valence-electron chi connectivity index (χ0n) is 24.6. The van der Waals surface area contributed by atoms with Gasteiger partial charge in [0.2, 0.25) is 5.91 Å². The van der Waals surface area contributed by atoms with Crippen LogP contribution in [0.15, 0.2) is 64.9 Å². The first-order valence-corrected chi connectivity index (χ1v) is 15.3. The molecule has 240 valence electrons. The molecule has 1 fully saturated rings. The number of alkyl halides is 3. The summed E-state index contributed by atoms with van der Waals surface area (Å²) in [7, 11) is 0. The summed E-state index contributed by atoms with van der Waals surface area (Å²) in [5.74, 6) is -3.49. The third-order valence-electron chi connectivity index (χ3n) is 8.35. The molecule has 6 rings (SSSR count). The lowest BCUT2D eigenvalue weighted by Gasteiger charge is -2.44. The fourth-order valence-corrected chi connectivity index (χ4v) is 7.79. The zero-order chi connectivity index (χ0) is 33.1. The summed E-state index contributed by atoms with van der Waals surface area (Å²) in [4.78, 5) is 38.1. The van der Waals surface area contributed by atoms with Crippen LogP contribution in [0.3, 0.4) is 0 Å². The Morgan fingerprint density at radius 1 is 1.02 bits per heavy atom. The summed E-state index contributed by atoms with van der Waals surface area (Å²) in [6.45, 7) is 7.38. The minimum Gasteiger partial charge on any atom is -0.352 e. The van der Waals surface area contributed by atoms with E-state index in [1.54, 1.807) is 23.6 Å². The van der Waals surface area contributed by atoms with Crippen molar-refractivity contribution in [3.63, 3.8) is 0 Å². The van der Waals surface area contributed by atoms with Gasteiger partial charge in [-0.3, -0.25) is 14.3 Å². The quantitative estimate of drug-likeness (QED) is 0.187. The van der Waals surface area contributed by atoms with Crippen LogP contribution in [0.4, 0.5) is 32.2 Å². The normalized spacial score (nSPS) is 20.1. The molecule has 2 aliphatic rings. The molecule has 1 saturated heterocycles. The number of halogens is 6. The molecule has 0 bridgehead atoms. The first-order valence-electron chi connectivity index (χ1n) is 14.4. The SMILES string of the molecule is C=CC(=O)N1[C@H](C)CN(c2nc(=O)n3c4c(c(-c5ccc(F)cc5F)c(C(F)(F)F)cc24)SC[C@@H](c2ccc(F)cn2)C3)C[C@@H]1C. The van der Waals surface area contributed by atoms with Gasteiger partial charge >= 0.3 is 11.9 Å². The van der Waals surface area contributed by atoms with E-state index in [0.29, 0.717) is 11.8 Å². The van der Waals surface area contributed by atoms with Crippen molar-refractivity contribution in [1.29, 1.82) is 0 Å². The Balaban J connectivity index is 1.64. The smallest absolute Gasteiger partial charge is 0.352 e. The zero-order valence-corrected chi connectivity index (χ0v) is 25.4. The Hall–Kier alpha value is -4.33. The predicted molar refractivity (Wildman–Crippen MR) is 162 cm³/mol. The maximum Gasteiger partial charge on any atom is 0.417 e. The molecular weight excluding hydrogens is 632 g/mol. The van der Waals surface area contributed by atoms with Gasteiger partial charge in [-0.2, -0.15) is 18.2 Å². The molecule has 2 aromatic heterocycles. The Labute approximate surface area is 263 Å². The standard InChI is InChI=1S/C32H27F6N5O2S/c1-4-26(44)43-16(2)12-41(13-17(43)3)30-22-10-23(32(36,37)38)27(21-7-5-19(33)9-24(21)35)29-28(22)42(31(45)40-30)14-18(15-46-29)25-8-6-20(34)11-39-25/h4-11,16-18H,1,12-15H2,2-3H3/t16-,17+,18-/m0/s1. The second-order valence-electron chi connectivity index (χ2n) is 11.4. The van der Waals surface area contributed by atoms with Crippen LogP contribution in [0.5, 0.6) is 0 Å². The molecule has 7 nitrogen and oxygen atoms in total. The number of anilines is 1. The lowest BCUT2D eigenvalue weighted by molar-refractivity contribution is -0.137. The fourth-order valence-electron chi connectivity index (χ4n) is 6.43. The Morgan fingerprint density at radius 2 is 1.72 bits per heavy atom. The van der Waals surface area contributed by atoms with Gasteiger partial charge in [0, 0.05) is 76.6 Å². The van der Waals surface area contributed by atoms with Crippen molar-refractivity contribution in [2.75, 3.05) is 23.7 Å². The summed E-state index contributed by atoms with van der Waals surface area (Å²) in [5.41, 5.74) is -2.42. The minimum absolute atomic E-state index is 0.00233. The van der Waals surface area contributed by atoms with E-state index in [1.165, 1.54) is 22.8 Å². The van der Waals surface area contributed by atoms with E-state index < -0.39 is 64.0 Å². The second-order valence-corrected chi connectivity index (χ2v) is 12.5. The number of rotatable bonds is 4. The molecule has 46 heavy (non-hydrogen) atoms. The largest absolute Gasteiger partial charge is 0.417 e. The summed E-state index contributed by atoms with van der Waals surface area (Å²) in [6, 6.07) is 5.04. The van der Waals surface area contributed by atoms with Crippen LogP contribution in [0.25, 0.3) is 22.0 Å². The van der Waals surface area contributed by atoms with Crippen molar-refractivity contribution in [3.8, 4) is 11.1 Å². The number of amides is 1. The molecule has 1 amide bonds. The van der Waals surface area contributed by atoms with Gasteiger partial charge in [0.05, 0.1) is 17.3 Å². The Kier molecular flexibility index (Phi) is 8.11. The Bertz CT molecular complexity index is 1920. The van der Waals surface area contributed by atoms with E-state index in [1.807, 2.05) is 0 Å². The van der Waals surface area contributed by atoms with E-state index in [4.69, 9.17) is 0 Å². The molecule has 0 aliphatic carbocycles. The number of pyridine rings is 1. The van der Waals surface area contributed by atoms with Gasteiger partial charge in [-0.25, -0.2) is 18.0 Å². The van der Waals surface area contributed by atoms with Crippen molar-refractivity contribution in [3.05, 3.63) is 94.4 Å². The number of hydrogen-bond donors (Lipinski definition) is 0. The molecular formula is C32H27F6N5O2S. The van der Waals surface area contributed by atoms with E-state index >= 15 is 4.39 Å². The van der Waals surface area contributed by atoms with Crippen molar-refractivity contribution in [2.45, 2.75) is 49.5 Å². The summed E-state index contributed by atoms with van der Waals surface area (Å²) in [5, 5.41) is 0.0105. The molecule has 0 unspecified atom stereocenters. The van der Waals surface area contributed by atoms with Crippen molar-refractivity contribution < 1.29 is 31.1 Å². The van der Waals surface area contributed by atoms with Crippen LogP contribution in [-0.2, 0) is 17.5 Å². The monoisotopic (exact) mass is 659 g/mol. The van der Waals surface area contributed by atoms with Crippen LogP contribution in [-0.4, -0.2) is 56.3 Å². The number of hydrogen-bond acceptors (Lipinski definition) is 6. The highest BCUT2D eigenvalue weighted by Crippen LogP contribution is 2.49. The molecule has 4 aromatic rings. The van der Waals surface area contributed by atoms with E-state index in [0.717, 1.165) is 36.2 Å². The molecule has 0 spiro atoms. The molecule has 0 radical (unpaired) electrons. The van der Waals surface area contributed by atoms with Gasteiger partial charge in [-0.15, -0.1) is 11.8 Å². The van der Waals surface area contributed by atoms with Crippen LogP contribution < -0.4 is 10.6 Å². The average Bonchev–Trinajstić information content (AvgIpc) is 3.20. The molecule has 14 heteroatoms. The molecule has 0 saturated carbocycles. The lowest BCUT2D eigenvalue weighted by atomic mass is 9.95. The van der Waals surface area contributed by atoms with Gasteiger partial charge < -0.3 is 9.80 Å². The first-order chi connectivity index (χ1) is 21.8. The third-order valence-corrected chi connectivity index (χ3v) is 9.61. The number of carbonyl (C=O) groups excluding carboxylic acids is 1. The highest BCUT2D eigenvalue weighted by atomic mass is 32.2. The number of piperazine rings is 1. The lowest BCUT2D eigenvalue weighted by Crippen LogP contribution is -2.58. The maximum atomic E-state index is 15.3. The third kappa shape index (κ3) is 5.52. The van der Waals surface area contributed by atoms with Gasteiger partial charge in [-0.1, -0.05) is 6.58 Å². The van der Waals surface area contributed by atoms with E-state index in [-0.39, 0.29) is 52.9 Å². The van der Waals surface area contributed by atoms with Crippen LogP contribution in [0.1, 0.15) is 31.0 Å². The highest BCUT2D eigenvalue weighted by molar-refractivity contribution is 7.99. The second kappa shape index (κ2) is 11.8. The van der Waals surface area contributed by atoms with Crippen LogP contribution >= 0.6 is 11.8 Å². The fraction of sp³-hybridized carbons (Fsp3) is 0.312. The number of carbonyl (C=O) groups is 1. The number of nitrogens with zero attached hydrogens (tertiary/aromatic N) is 5. The predicted octanol–water partition coefficient (Wildman–Crippen LogP) is 6.40. The van der Waals surface area contributed by atoms with Crippen LogP contribution in [0.2, 0.25) is 0 Å². The van der Waals surface area contributed by atoms with Crippen molar-refractivity contribution in [2.24, 2.45) is 0 Å². The number of thioether (sulfide) groups is 1. The molecule has 3 atom stereocenters. The minimum atomic E-state index is -4.99. The number of aromatic nitrogens is 3. The topological polar surface area (TPSA) is 71.3 Å². The van der Waals surface area contributed by atoms with Gasteiger partial charge in [0.15, 0.2) is 0 Å². The average molecular weight is 660 g/mol. The van der Waals surface area contributed by atoms with Crippen LogP contribution in [0, 0.1) is 17.5 Å². The molecule has 2 aromatic carbocycles. The van der Waals surface area contributed by atoms with Crippen molar-refractivity contribution in [1.82, 2.24) is 19.4 Å². The van der Waals surface area contributed by atoms with Gasteiger partial charge in [0.25, 0.3) is 0 Å². The summed E-state index contributed by atoms with van der Waals surface area (Å²) in [6.07, 6.45) is -2.79. The van der Waals surface area contributed by atoms with Gasteiger partial charge in [0.1, 0.15) is 23.3 Å². The first kappa shape index (κ1) is 31.6. The molecule has 0 N–H and O–H groups in total. The highest BCUT2D eigenvalue weighted by Gasteiger charge is 2.40. The summed E-state index contributed by atoms with van der Waals surface area (Å²) >= 11 is 0.982. The van der Waals surface area contributed by atoms with Gasteiger partial charge in [-0.05, 0) is 50.3 Å². The maximum absolute atomic E-state index is 15.3. The van der Waals surface area contributed by atoms with E-state index in [2.05, 4.69) is 16.5 Å². The van der Waals surface area contributed by atoms with E-state index in [9.17, 15) is 31.5 Å². The Morgan fingerprint density at radius 3 is 2.33 bits per heavy atom. The molecule has 2 aliphatic heterocycles. The van der Waals surface area contributed by atoms with Crippen molar-refractivity contribution >= 4 is 34.4 Å².